The van der Waals surface area contributed by atoms with Gasteiger partial charge < -0.3 is 8.98 Å². The lowest BCUT2D eigenvalue weighted by Crippen LogP contribution is -2.07. The van der Waals surface area contributed by atoms with Gasteiger partial charge in [0.2, 0.25) is 5.95 Å². The third-order valence-corrected chi connectivity index (χ3v) is 12.1. The van der Waals surface area contributed by atoms with Crippen molar-refractivity contribution < 1.29 is 4.42 Å². The lowest BCUT2D eigenvalue weighted by atomic mass is 10.0. The summed E-state index contributed by atoms with van der Waals surface area (Å²) in [6.07, 6.45) is 0. The first-order valence-electron chi connectivity index (χ1n) is 20.5. The smallest absolute Gasteiger partial charge is 0.238 e. The van der Waals surface area contributed by atoms with Gasteiger partial charge in [0.1, 0.15) is 11.2 Å². The molecule has 13 rings (SSSR count). The first-order chi connectivity index (χ1) is 30.2. The number of fused-ring (bicyclic) bond motifs is 11. The largest absolute Gasteiger partial charge is 0.455 e. The molecule has 13 aromatic rings. The van der Waals surface area contributed by atoms with Crippen molar-refractivity contribution in [2.24, 2.45) is 0 Å². The minimum Gasteiger partial charge on any atom is -0.455 e. The Balaban J connectivity index is 1.18. The molecule has 0 saturated carbocycles. The molecular formula is C55H33N5O. The maximum atomic E-state index is 6.66. The van der Waals surface area contributed by atoms with Gasteiger partial charge in [-0.1, -0.05) is 164 Å². The number of aromatic nitrogens is 5. The fourth-order valence-electron chi connectivity index (χ4n) is 9.39. The highest BCUT2D eigenvalue weighted by atomic mass is 16.3. The van der Waals surface area contributed by atoms with Crippen LogP contribution >= 0.6 is 0 Å². The van der Waals surface area contributed by atoms with Gasteiger partial charge in [0.15, 0.2) is 11.6 Å². The number of benzene rings is 9. The Kier molecular flexibility index (Phi) is 7.21. The number of furan rings is 1. The predicted octanol–water partition coefficient (Wildman–Crippen LogP) is 14.1. The molecule has 4 aromatic heterocycles. The van der Waals surface area contributed by atoms with Gasteiger partial charge >= 0.3 is 0 Å². The molecule has 0 aliphatic heterocycles. The topological polar surface area (TPSA) is 61.7 Å². The molecule has 0 unspecified atom stereocenters. The van der Waals surface area contributed by atoms with Crippen molar-refractivity contribution in [2.45, 2.75) is 0 Å². The van der Waals surface area contributed by atoms with Crippen LogP contribution in [0.5, 0.6) is 0 Å². The minimum atomic E-state index is 0.550. The summed E-state index contributed by atoms with van der Waals surface area (Å²) in [5.74, 6) is 1.77. The van der Waals surface area contributed by atoms with Crippen LogP contribution in [0.4, 0.5) is 0 Å². The SMILES string of the molecule is c1ccc(-c2nc(-c3ccc4ccccc4c3)nc(-n3c4ccccc4c4ccc5c6ccccc6n(-c6cc(-c7ccccc7)c7oc8ccccc8c7c6)c5c43)n2)cc1. The molecule has 4 heterocycles. The molecule has 61 heavy (non-hydrogen) atoms. The van der Waals surface area contributed by atoms with E-state index in [9.17, 15) is 0 Å². The Labute approximate surface area is 349 Å². The number of rotatable bonds is 5. The zero-order valence-corrected chi connectivity index (χ0v) is 32.7. The Morgan fingerprint density at radius 3 is 1.67 bits per heavy atom. The van der Waals surface area contributed by atoms with Crippen LogP contribution in [0.15, 0.2) is 205 Å². The average molecular weight is 780 g/mol. The van der Waals surface area contributed by atoms with E-state index in [0.29, 0.717) is 17.6 Å². The van der Waals surface area contributed by atoms with Crippen molar-refractivity contribution in [2.75, 3.05) is 0 Å². The van der Waals surface area contributed by atoms with Gasteiger partial charge in [0.25, 0.3) is 0 Å². The van der Waals surface area contributed by atoms with Crippen molar-refractivity contribution in [3.05, 3.63) is 200 Å². The molecule has 0 radical (unpaired) electrons. The molecule has 0 bridgehead atoms. The zero-order valence-electron chi connectivity index (χ0n) is 32.7. The second-order valence-electron chi connectivity index (χ2n) is 15.6. The standard InChI is InChI=1S/C55H33N5O/c1-3-16-35(17-4-1)45-32-39(33-46-42-23-11-14-26-49(42)61-52(45)46)59-47-24-12-9-21-40(47)43-29-30-44-41-22-10-13-25-48(41)60(51(44)50(43)59)55-57-53(36-18-5-2-6-19-36)56-54(58-55)38-28-27-34-15-7-8-20-37(34)31-38/h1-33H. The van der Waals surface area contributed by atoms with Gasteiger partial charge in [-0.15, -0.1) is 0 Å². The highest BCUT2D eigenvalue weighted by Gasteiger charge is 2.25. The van der Waals surface area contributed by atoms with E-state index in [4.69, 9.17) is 19.4 Å². The van der Waals surface area contributed by atoms with Gasteiger partial charge in [-0.3, -0.25) is 4.57 Å². The van der Waals surface area contributed by atoms with Crippen LogP contribution in [-0.4, -0.2) is 24.1 Å². The van der Waals surface area contributed by atoms with Crippen molar-refractivity contribution in [3.63, 3.8) is 0 Å². The lowest BCUT2D eigenvalue weighted by Gasteiger charge is -2.14. The molecule has 0 aliphatic rings. The number of para-hydroxylation sites is 3. The summed E-state index contributed by atoms with van der Waals surface area (Å²) in [6.45, 7) is 0. The fraction of sp³-hybridized carbons (Fsp3) is 0. The van der Waals surface area contributed by atoms with Crippen LogP contribution in [-0.2, 0) is 0 Å². The average Bonchev–Trinajstić information content (AvgIpc) is 3.99. The summed E-state index contributed by atoms with van der Waals surface area (Å²) < 4.78 is 11.3. The maximum absolute atomic E-state index is 6.66. The fourth-order valence-corrected chi connectivity index (χ4v) is 9.39. The second-order valence-corrected chi connectivity index (χ2v) is 15.6. The molecule has 0 amide bonds. The Hall–Kier alpha value is -8.35. The van der Waals surface area contributed by atoms with E-state index in [1.807, 2.05) is 24.3 Å². The summed E-state index contributed by atoms with van der Waals surface area (Å²) in [6, 6.07) is 70.3. The molecule has 6 nitrogen and oxygen atoms in total. The monoisotopic (exact) mass is 779 g/mol. The van der Waals surface area contributed by atoms with Crippen LogP contribution in [0.25, 0.3) is 122 Å². The predicted molar refractivity (Wildman–Crippen MR) is 250 cm³/mol. The second kappa shape index (κ2) is 13.1. The van der Waals surface area contributed by atoms with Crippen LogP contribution in [0.2, 0.25) is 0 Å². The van der Waals surface area contributed by atoms with Gasteiger partial charge in [-0.25, -0.2) is 4.98 Å². The van der Waals surface area contributed by atoms with Gasteiger partial charge in [-0.05, 0) is 52.7 Å². The Morgan fingerprint density at radius 1 is 0.361 bits per heavy atom. The molecule has 0 spiro atoms. The van der Waals surface area contributed by atoms with Crippen molar-refractivity contribution in [1.29, 1.82) is 0 Å². The molecule has 284 valence electrons. The van der Waals surface area contributed by atoms with E-state index >= 15 is 0 Å². The maximum Gasteiger partial charge on any atom is 0.238 e. The number of hydrogen-bond acceptors (Lipinski definition) is 4. The third-order valence-electron chi connectivity index (χ3n) is 12.1. The van der Waals surface area contributed by atoms with E-state index in [-0.39, 0.29) is 0 Å². The molecular weight excluding hydrogens is 747 g/mol. The highest BCUT2D eigenvalue weighted by molar-refractivity contribution is 6.24. The van der Waals surface area contributed by atoms with E-state index < -0.39 is 0 Å². The summed E-state index contributed by atoms with van der Waals surface area (Å²) >= 11 is 0. The summed E-state index contributed by atoms with van der Waals surface area (Å²) in [5, 5.41) is 8.96. The van der Waals surface area contributed by atoms with Crippen molar-refractivity contribution in [1.82, 2.24) is 24.1 Å². The lowest BCUT2D eigenvalue weighted by molar-refractivity contribution is 0.670. The molecule has 0 fully saturated rings. The first-order valence-corrected chi connectivity index (χ1v) is 20.5. The van der Waals surface area contributed by atoms with Gasteiger partial charge in [-0.2, -0.15) is 9.97 Å². The highest BCUT2D eigenvalue weighted by Crippen LogP contribution is 2.44. The van der Waals surface area contributed by atoms with E-state index in [1.165, 1.54) is 5.39 Å². The number of hydrogen-bond donors (Lipinski definition) is 0. The Morgan fingerprint density at radius 2 is 0.934 bits per heavy atom. The van der Waals surface area contributed by atoms with E-state index in [1.54, 1.807) is 0 Å². The Bertz CT molecular complexity index is 3880. The van der Waals surface area contributed by atoms with E-state index in [0.717, 1.165) is 98.9 Å². The molecule has 0 saturated heterocycles. The minimum absolute atomic E-state index is 0.550. The summed E-state index contributed by atoms with van der Waals surface area (Å²) in [5.41, 5.74) is 10.9. The molecule has 6 heteroatoms. The van der Waals surface area contributed by atoms with Crippen LogP contribution in [0.3, 0.4) is 0 Å². The van der Waals surface area contributed by atoms with Crippen LogP contribution < -0.4 is 0 Å². The third kappa shape index (κ3) is 5.12. The molecule has 0 atom stereocenters. The molecule has 0 aliphatic carbocycles. The number of nitrogens with zero attached hydrogens (tertiary/aromatic N) is 5. The van der Waals surface area contributed by atoms with E-state index in [2.05, 4.69) is 185 Å². The van der Waals surface area contributed by atoms with Crippen molar-refractivity contribution in [3.8, 4) is 45.5 Å². The molecule has 0 N–H and O–H groups in total. The quantitative estimate of drug-likeness (QED) is 0.175. The van der Waals surface area contributed by atoms with Crippen LogP contribution in [0, 0.1) is 0 Å². The van der Waals surface area contributed by atoms with Crippen LogP contribution in [0.1, 0.15) is 0 Å². The van der Waals surface area contributed by atoms with Crippen molar-refractivity contribution >= 4 is 76.3 Å². The normalized spacial score (nSPS) is 11.9. The van der Waals surface area contributed by atoms with Gasteiger partial charge in [0.05, 0.1) is 22.1 Å². The first kappa shape index (κ1) is 33.6. The zero-order chi connectivity index (χ0) is 40.0. The van der Waals surface area contributed by atoms with Gasteiger partial charge in [0, 0.05) is 54.7 Å². The summed E-state index contributed by atoms with van der Waals surface area (Å²) in [4.78, 5) is 15.9. The molecule has 9 aromatic carbocycles. The summed E-state index contributed by atoms with van der Waals surface area (Å²) in [7, 11) is 0.